The molecule has 3 N–H and O–H groups in total. The fraction of sp³-hybridized carbons (Fsp3) is 0.333. The van der Waals surface area contributed by atoms with Crippen molar-refractivity contribution in [1.29, 1.82) is 5.26 Å². The Bertz CT molecular complexity index is 500. The van der Waals surface area contributed by atoms with Gasteiger partial charge in [0.05, 0.1) is 18.2 Å². The zero-order chi connectivity index (χ0) is 14.3. The molecule has 0 aromatic heterocycles. The van der Waals surface area contributed by atoms with Gasteiger partial charge in [-0.3, -0.25) is 4.79 Å². The van der Waals surface area contributed by atoms with E-state index in [2.05, 4.69) is 5.32 Å². The summed E-state index contributed by atoms with van der Waals surface area (Å²) in [7, 11) is 1.47. The predicted molar refractivity (Wildman–Crippen MR) is 70.0 cm³/mol. The van der Waals surface area contributed by atoms with Crippen molar-refractivity contribution < 1.29 is 14.3 Å². The number of nitrogens with zero attached hydrogens (tertiary/aromatic N) is 1. The second kappa shape index (κ2) is 7.46. The molecule has 0 aliphatic rings. The number of nitrogens with one attached hydrogen (secondary N) is 1. The fourth-order valence-corrected chi connectivity index (χ4v) is 1.65. The summed E-state index contributed by atoms with van der Waals surface area (Å²) in [4.78, 5) is 11.3. The number of carbonyl (C=O) groups is 1. The lowest BCUT2D eigenvalue weighted by atomic mass is 10.2. The first kappa shape index (κ1) is 15.1. The highest BCUT2D eigenvalue weighted by Crippen LogP contribution is 2.36. The molecule has 1 aromatic carbocycles. The molecule has 7 heteroatoms. The molecule has 0 atom stereocenters. The summed E-state index contributed by atoms with van der Waals surface area (Å²) in [5, 5.41) is 11.0. The molecule has 102 valence electrons. The van der Waals surface area contributed by atoms with Gasteiger partial charge < -0.3 is 20.5 Å². The van der Waals surface area contributed by atoms with Gasteiger partial charge in [0, 0.05) is 6.54 Å². The van der Waals surface area contributed by atoms with E-state index in [4.69, 9.17) is 32.1 Å². The van der Waals surface area contributed by atoms with Crippen LogP contribution in [0.25, 0.3) is 0 Å². The normalized spacial score (nSPS) is 9.58. The molecule has 0 radical (unpaired) electrons. The van der Waals surface area contributed by atoms with Crippen molar-refractivity contribution in [1.82, 2.24) is 5.32 Å². The number of rotatable bonds is 6. The summed E-state index contributed by atoms with van der Waals surface area (Å²) in [5.41, 5.74) is 6.31. The van der Waals surface area contributed by atoms with Crippen LogP contribution in [0.3, 0.4) is 0 Å². The van der Waals surface area contributed by atoms with Gasteiger partial charge in [-0.1, -0.05) is 11.6 Å². The summed E-state index contributed by atoms with van der Waals surface area (Å²) in [6, 6.07) is 5.13. The van der Waals surface area contributed by atoms with E-state index in [-0.39, 0.29) is 18.9 Å². The first-order valence-electron chi connectivity index (χ1n) is 5.45. The van der Waals surface area contributed by atoms with E-state index in [1.165, 1.54) is 7.11 Å². The number of nitrogens with two attached hydrogens (primary N) is 1. The van der Waals surface area contributed by atoms with Crippen molar-refractivity contribution in [3.05, 3.63) is 22.7 Å². The summed E-state index contributed by atoms with van der Waals surface area (Å²) >= 11 is 6.04. The molecule has 0 unspecified atom stereocenters. The van der Waals surface area contributed by atoms with E-state index >= 15 is 0 Å². The van der Waals surface area contributed by atoms with Crippen molar-refractivity contribution in [3.8, 4) is 17.6 Å². The minimum atomic E-state index is -0.414. The van der Waals surface area contributed by atoms with Crippen molar-refractivity contribution >= 4 is 17.5 Å². The maximum Gasteiger partial charge on any atom is 0.258 e. The predicted octanol–water partition coefficient (Wildman–Crippen LogP) is 0.826. The smallest absolute Gasteiger partial charge is 0.258 e. The fourth-order valence-electron chi connectivity index (χ4n) is 1.36. The first-order valence-corrected chi connectivity index (χ1v) is 5.83. The highest BCUT2D eigenvalue weighted by atomic mass is 35.5. The van der Waals surface area contributed by atoms with E-state index < -0.39 is 5.91 Å². The zero-order valence-electron chi connectivity index (χ0n) is 10.4. The molecular formula is C12H14ClN3O3. The van der Waals surface area contributed by atoms with Crippen LogP contribution in [0.2, 0.25) is 5.02 Å². The molecule has 0 aliphatic carbocycles. The SMILES string of the molecule is COc1cc(CN)cc(Cl)c1OCC(=O)NCC#N. The molecule has 6 nitrogen and oxygen atoms in total. The molecule has 1 aromatic rings. The van der Waals surface area contributed by atoms with E-state index in [9.17, 15) is 4.79 Å². The number of nitriles is 1. The Morgan fingerprint density at radius 2 is 2.32 bits per heavy atom. The van der Waals surface area contributed by atoms with Crippen LogP contribution in [0, 0.1) is 11.3 Å². The topological polar surface area (TPSA) is 97.4 Å². The van der Waals surface area contributed by atoms with Gasteiger partial charge in [-0.05, 0) is 17.7 Å². The third-order valence-corrected chi connectivity index (χ3v) is 2.52. The van der Waals surface area contributed by atoms with Gasteiger partial charge >= 0.3 is 0 Å². The first-order chi connectivity index (χ1) is 9.12. The Labute approximate surface area is 116 Å². The van der Waals surface area contributed by atoms with Crippen LogP contribution in [0.4, 0.5) is 0 Å². The van der Waals surface area contributed by atoms with Gasteiger partial charge in [-0.2, -0.15) is 5.26 Å². The van der Waals surface area contributed by atoms with E-state index in [1.807, 2.05) is 0 Å². The molecule has 0 aliphatic heterocycles. The number of ether oxygens (including phenoxy) is 2. The lowest BCUT2D eigenvalue weighted by Gasteiger charge is -2.13. The third kappa shape index (κ3) is 4.32. The molecule has 0 saturated carbocycles. The van der Waals surface area contributed by atoms with Crippen molar-refractivity contribution in [2.45, 2.75) is 6.54 Å². The van der Waals surface area contributed by atoms with Crippen molar-refractivity contribution in [2.75, 3.05) is 20.3 Å². The Kier molecular flexibility index (Phi) is 5.93. The molecule has 0 bridgehead atoms. The van der Waals surface area contributed by atoms with Crippen LogP contribution < -0.4 is 20.5 Å². The van der Waals surface area contributed by atoms with E-state index in [0.29, 0.717) is 17.3 Å². The Hall–Kier alpha value is -1.97. The van der Waals surface area contributed by atoms with Crippen LogP contribution in [-0.4, -0.2) is 26.2 Å². The van der Waals surface area contributed by atoms with Crippen molar-refractivity contribution in [3.63, 3.8) is 0 Å². The number of hydrogen-bond acceptors (Lipinski definition) is 5. The Morgan fingerprint density at radius 1 is 1.58 bits per heavy atom. The van der Waals surface area contributed by atoms with Gasteiger partial charge in [-0.25, -0.2) is 0 Å². The summed E-state index contributed by atoms with van der Waals surface area (Å²) in [6.45, 7) is -0.00206. The monoisotopic (exact) mass is 283 g/mol. The minimum absolute atomic E-state index is 0.0703. The average Bonchev–Trinajstić information content (AvgIpc) is 2.42. The molecular weight excluding hydrogens is 270 g/mol. The van der Waals surface area contributed by atoms with Gasteiger partial charge in [0.1, 0.15) is 6.54 Å². The lowest BCUT2D eigenvalue weighted by molar-refractivity contribution is -0.122. The molecule has 0 fully saturated rings. The average molecular weight is 284 g/mol. The Balaban J connectivity index is 2.78. The number of halogens is 1. The number of methoxy groups -OCH3 is 1. The van der Waals surface area contributed by atoms with E-state index in [0.717, 1.165) is 5.56 Å². The number of carbonyl (C=O) groups excluding carboxylic acids is 1. The molecule has 1 amide bonds. The number of amides is 1. The molecule has 0 heterocycles. The largest absolute Gasteiger partial charge is 0.493 e. The summed E-state index contributed by atoms with van der Waals surface area (Å²) < 4.78 is 10.4. The molecule has 19 heavy (non-hydrogen) atoms. The maximum atomic E-state index is 11.3. The van der Waals surface area contributed by atoms with Crippen LogP contribution in [0.15, 0.2) is 12.1 Å². The lowest BCUT2D eigenvalue weighted by Crippen LogP contribution is -2.29. The van der Waals surface area contributed by atoms with Gasteiger partial charge in [0.2, 0.25) is 0 Å². The number of hydrogen-bond donors (Lipinski definition) is 2. The highest BCUT2D eigenvalue weighted by Gasteiger charge is 2.13. The van der Waals surface area contributed by atoms with Crippen molar-refractivity contribution in [2.24, 2.45) is 5.73 Å². The number of benzene rings is 1. The van der Waals surface area contributed by atoms with E-state index in [1.54, 1.807) is 18.2 Å². The highest BCUT2D eigenvalue weighted by molar-refractivity contribution is 6.32. The quantitative estimate of drug-likeness (QED) is 0.754. The van der Waals surface area contributed by atoms with Gasteiger partial charge in [-0.15, -0.1) is 0 Å². The van der Waals surface area contributed by atoms with Crippen LogP contribution in [-0.2, 0) is 11.3 Å². The second-order valence-corrected chi connectivity index (χ2v) is 3.94. The second-order valence-electron chi connectivity index (χ2n) is 3.54. The third-order valence-electron chi connectivity index (χ3n) is 2.24. The Morgan fingerprint density at radius 3 is 2.89 bits per heavy atom. The molecule has 0 saturated heterocycles. The van der Waals surface area contributed by atoms with Crippen LogP contribution >= 0.6 is 11.6 Å². The zero-order valence-corrected chi connectivity index (χ0v) is 11.2. The summed E-state index contributed by atoms with van der Waals surface area (Å²) in [5.74, 6) is 0.261. The molecule has 1 rings (SSSR count). The van der Waals surface area contributed by atoms with Gasteiger partial charge in [0.15, 0.2) is 18.1 Å². The van der Waals surface area contributed by atoms with Crippen LogP contribution in [0.1, 0.15) is 5.56 Å². The standard InChI is InChI=1S/C12H14ClN3O3/c1-18-10-5-8(6-15)4-9(13)12(10)19-7-11(17)16-3-2-14/h4-5H,3,6-7,15H2,1H3,(H,16,17). The minimum Gasteiger partial charge on any atom is -0.493 e. The summed E-state index contributed by atoms with van der Waals surface area (Å²) in [6.07, 6.45) is 0. The van der Waals surface area contributed by atoms with Crippen LogP contribution in [0.5, 0.6) is 11.5 Å². The maximum absolute atomic E-state index is 11.3. The van der Waals surface area contributed by atoms with Gasteiger partial charge in [0.25, 0.3) is 5.91 Å². The molecule has 0 spiro atoms.